The zero-order valence-electron chi connectivity index (χ0n) is 18.9. The highest BCUT2D eigenvalue weighted by molar-refractivity contribution is 8.01. The number of carbonyl (C=O) groups excluding carboxylic acids is 1. The monoisotopic (exact) mass is 503 g/mol. The predicted molar refractivity (Wildman–Crippen MR) is 133 cm³/mol. The van der Waals surface area contributed by atoms with Crippen LogP contribution in [-0.2, 0) is 14.6 Å². The summed E-state index contributed by atoms with van der Waals surface area (Å²) in [7, 11) is -3.85. The summed E-state index contributed by atoms with van der Waals surface area (Å²) >= 11 is 2.45. The zero-order chi connectivity index (χ0) is 24.4. The number of benzene rings is 1. The molecule has 0 bridgehead atoms. The van der Waals surface area contributed by atoms with Crippen LogP contribution < -0.4 is 5.73 Å². The van der Waals surface area contributed by atoms with Gasteiger partial charge in [-0.25, -0.2) is 13.2 Å². The van der Waals surface area contributed by atoms with E-state index >= 15 is 0 Å². The van der Waals surface area contributed by atoms with Crippen molar-refractivity contribution >= 4 is 44.9 Å². The van der Waals surface area contributed by atoms with Crippen LogP contribution in [0.2, 0.25) is 0 Å². The molecule has 0 spiro atoms. The Morgan fingerprint density at radius 1 is 1.21 bits per heavy atom. The number of nitrogens with two attached hydrogens (primary N) is 1. The molecule has 7 nitrogen and oxygen atoms in total. The second-order valence-corrected chi connectivity index (χ2v) is 12.2. The first kappa shape index (κ1) is 24.9. The van der Waals surface area contributed by atoms with Crippen LogP contribution >= 0.6 is 23.1 Å². The number of rotatable bonds is 5. The largest absolute Gasteiger partial charge is 0.442 e. The van der Waals surface area contributed by atoms with Gasteiger partial charge >= 0.3 is 6.09 Å². The van der Waals surface area contributed by atoms with Gasteiger partial charge in [-0.15, -0.1) is 23.1 Å². The van der Waals surface area contributed by atoms with Crippen LogP contribution in [0.15, 0.2) is 67.8 Å². The molecule has 2 heterocycles. The fraction of sp³-hybridized carbons (Fsp3) is 0.261. The lowest BCUT2D eigenvalue weighted by Crippen LogP contribution is -2.24. The van der Waals surface area contributed by atoms with E-state index in [9.17, 15) is 13.2 Å². The van der Waals surface area contributed by atoms with Crippen molar-refractivity contribution in [2.24, 2.45) is 10.7 Å². The van der Waals surface area contributed by atoms with Crippen molar-refractivity contribution in [3.05, 3.63) is 59.2 Å². The first-order valence-corrected chi connectivity index (χ1v) is 13.5. The first-order valence-electron chi connectivity index (χ1n) is 9.94. The lowest BCUT2D eigenvalue weighted by molar-refractivity contribution is 0.0604. The Balaban J connectivity index is 2.01. The van der Waals surface area contributed by atoms with Gasteiger partial charge in [0.25, 0.3) is 0 Å². The molecule has 0 saturated heterocycles. The van der Waals surface area contributed by atoms with E-state index in [2.05, 4.69) is 9.98 Å². The first-order chi connectivity index (χ1) is 15.4. The maximum absolute atomic E-state index is 13.5. The number of hydrogen-bond donors (Lipinski definition) is 1. The lowest BCUT2D eigenvalue weighted by atomic mass is 10.0. The highest BCUT2D eigenvalue weighted by Gasteiger charge is 2.26. The minimum absolute atomic E-state index is 0.0919. The molecule has 2 aromatic heterocycles. The van der Waals surface area contributed by atoms with E-state index in [1.54, 1.807) is 57.6 Å². The fourth-order valence-corrected chi connectivity index (χ4v) is 6.92. The standard InChI is InChI=1S/C23H25N3O4S3/c1-14-9-10-25-13-17(14)15-7-6-8-16(11-15)33(28,29)19-12-18(32-21(19)31-5)20(24)26-22(27)30-23(2,3)4/h6-13H,1-5H3,(H2,24,26,27). The van der Waals surface area contributed by atoms with Crippen molar-refractivity contribution in [1.82, 2.24) is 4.98 Å². The van der Waals surface area contributed by atoms with Crippen molar-refractivity contribution < 1.29 is 17.9 Å². The molecule has 1 aromatic carbocycles. The number of aryl methyl sites for hydroxylation is 1. The molecule has 10 heteroatoms. The molecule has 3 rings (SSSR count). The second kappa shape index (κ2) is 9.66. The molecule has 0 atom stereocenters. The van der Waals surface area contributed by atoms with Crippen LogP contribution in [0, 0.1) is 6.92 Å². The molecular formula is C23H25N3O4S3. The van der Waals surface area contributed by atoms with Crippen LogP contribution in [0.25, 0.3) is 11.1 Å². The summed E-state index contributed by atoms with van der Waals surface area (Å²) in [5.41, 5.74) is 7.90. The zero-order valence-corrected chi connectivity index (χ0v) is 21.4. The summed E-state index contributed by atoms with van der Waals surface area (Å²) in [5, 5.41) is 0. The molecule has 0 unspecified atom stereocenters. The van der Waals surface area contributed by atoms with Gasteiger partial charge in [0.2, 0.25) is 9.84 Å². The van der Waals surface area contributed by atoms with Crippen molar-refractivity contribution in [3.63, 3.8) is 0 Å². The van der Waals surface area contributed by atoms with Crippen LogP contribution in [-0.4, -0.2) is 37.2 Å². The van der Waals surface area contributed by atoms with Crippen LogP contribution in [0.1, 0.15) is 31.2 Å². The molecule has 3 aromatic rings. The van der Waals surface area contributed by atoms with Gasteiger partial charge in [0.1, 0.15) is 11.4 Å². The highest BCUT2D eigenvalue weighted by atomic mass is 32.2. The number of pyridine rings is 1. The number of aromatic nitrogens is 1. The molecule has 1 amide bonds. The number of thioether (sulfide) groups is 1. The maximum Gasteiger partial charge on any atom is 0.436 e. The number of amidine groups is 1. The van der Waals surface area contributed by atoms with E-state index in [-0.39, 0.29) is 15.6 Å². The van der Waals surface area contributed by atoms with E-state index in [4.69, 9.17) is 10.5 Å². The Morgan fingerprint density at radius 3 is 2.58 bits per heavy atom. The molecule has 0 fully saturated rings. The van der Waals surface area contributed by atoms with Gasteiger partial charge in [0.05, 0.1) is 18.9 Å². The molecule has 33 heavy (non-hydrogen) atoms. The molecule has 174 valence electrons. The summed E-state index contributed by atoms with van der Waals surface area (Å²) in [6.45, 7) is 7.11. The van der Waals surface area contributed by atoms with Crippen molar-refractivity contribution in [1.29, 1.82) is 0 Å². The Labute approximate surface area is 202 Å². The third-order valence-electron chi connectivity index (χ3n) is 4.49. The van der Waals surface area contributed by atoms with E-state index < -0.39 is 21.5 Å². The van der Waals surface area contributed by atoms with Gasteiger partial charge in [-0.2, -0.15) is 4.99 Å². The molecule has 2 N–H and O–H groups in total. The Bertz CT molecular complexity index is 1320. The SMILES string of the molecule is CSc1sc(C(N)=NC(=O)OC(C)(C)C)cc1S(=O)(=O)c1cccc(-c2cnccc2C)c1. The number of aliphatic imine (C=N–C) groups is 1. The number of nitrogens with zero attached hydrogens (tertiary/aromatic N) is 2. The summed E-state index contributed by atoms with van der Waals surface area (Å²) in [5.74, 6) is -0.0919. The Hall–Kier alpha value is -2.69. The minimum atomic E-state index is -3.85. The fourth-order valence-electron chi connectivity index (χ4n) is 2.98. The molecular weight excluding hydrogens is 478 g/mol. The summed E-state index contributed by atoms with van der Waals surface area (Å²) < 4.78 is 32.8. The summed E-state index contributed by atoms with van der Waals surface area (Å²) in [4.78, 5) is 20.6. The number of hydrogen-bond acceptors (Lipinski definition) is 7. The van der Waals surface area contributed by atoms with Crippen molar-refractivity contribution in [2.45, 2.75) is 47.3 Å². The third-order valence-corrected chi connectivity index (χ3v) is 8.82. The number of amides is 1. The quantitative estimate of drug-likeness (QED) is 0.285. The van der Waals surface area contributed by atoms with Crippen LogP contribution in [0.3, 0.4) is 0 Å². The van der Waals surface area contributed by atoms with E-state index in [1.807, 2.05) is 19.1 Å². The number of carbonyl (C=O) groups is 1. The van der Waals surface area contributed by atoms with Gasteiger partial charge in [-0.05, 0) is 69.3 Å². The number of thiophene rings is 1. The smallest absolute Gasteiger partial charge is 0.436 e. The summed E-state index contributed by atoms with van der Waals surface area (Å²) in [6.07, 6.45) is 4.36. The van der Waals surface area contributed by atoms with E-state index in [0.717, 1.165) is 28.0 Å². The average Bonchev–Trinajstić information content (AvgIpc) is 3.18. The molecule has 0 aliphatic rings. The van der Waals surface area contributed by atoms with Gasteiger partial charge < -0.3 is 10.5 Å². The molecule has 0 saturated carbocycles. The lowest BCUT2D eigenvalue weighted by Gasteiger charge is -2.17. The number of sulfone groups is 1. The van der Waals surface area contributed by atoms with Gasteiger partial charge in [0.15, 0.2) is 0 Å². The van der Waals surface area contributed by atoms with Crippen LogP contribution in [0.4, 0.5) is 4.79 Å². The predicted octanol–water partition coefficient (Wildman–Crippen LogP) is 5.31. The summed E-state index contributed by atoms with van der Waals surface area (Å²) in [6, 6.07) is 10.1. The van der Waals surface area contributed by atoms with Crippen LogP contribution in [0.5, 0.6) is 0 Å². The molecule has 0 radical (unpaired) electrons. The third kappa shape index (κ3) is 5.82. The molecule has 0 aliphatic carbocycles. The van der Waals surface area contributed by atoms with Crippen molar-refractivity contribution in [2.75, 3.05) is 6.26 Å². The van der Waals surface area contributed by atoms with E-state index in [0.29, 0.717) is 9.09 Å². The number of ether oxygens (including phenoxy) is 1. The van der Waals surface area contributed by atoms with Gasteiger partial charge in [-0.3, -0.25) is 4.98 Å². The minimum Gasteiger partial charge on any atom is -0.442 e. The van der Waals surface area contributed by atoms with Gasteiger partial charge in [-0.1, -0.05) is 12.1 Å². The Morgan fingerprint density at radius 2 is 1.94 bits per heavy atom. The normalized spacial score (nSPS) is 12.6. The highest BCUT2D eigenvalue weighted by Crippen LogP contribution is 2.38. The second-order valence-electron chi connectivity index (χ2n) is 8.17. The van der Waals surface area contributed by atoms with Crippen molar-refractivity contribution in [3.8, 4) is 11.1 Å². The average molecular weight is 504 g/mol. The molecule has 0 aliphatic heterocycles. The Kier molecular flexibility index (Phi) is 7.30. The topological polar surface area (TPSA) is 112 Å². The van der Waals surface area contributed by atoms with Gasteiger partial charge in [0, 0.05) is 18.0 Å². The van der Waals surface area contributed by atoms with E-state index in [1.165, 1.54) is 17.8 Å². The maximum atomic E-state index is 13.5.